The number of ether oxygens (including phenoxy) is 1. The van der Waals surface area contributed by atoms with E-state index in [0.29, 0.717) is 23.6 Å². The van der Waals surface area contributed by atoms with Crippen molar-refractivity contribution < 1.29 is 9.53 Å². The first-order valence-electron chi connectivity index (χ1n) is 9.81. The van der Waals surface area contributed by atoms with Crippen molar-refractivity contribution in [2.75, 3.05) is 5.32 Å². The highest BCUT2D eigenvalue weighted by Crippen LogP contribution is 2.28. The number of carbonyl (C=O) groups is 1. The molecule has 2 aromatic heterocycles. The smallest absolute Gasteiger partial charge is 0.208 e. The second-order valence-corrected chi connectivity index (χ2v) is 7.61. The van der Waals surface area contributed by atoms with Gasteiger partial charge in [0.25, 0.3) is 0 Å². The molecule has 6 heteroatoms. The molecule has 0 unspecified atom stereocenters. The molecule has 0 aliphatic rings. The molecule has 0 atom stereocenters. The second-order valence-electron chi connectivity index (χ2n) is 7.61. The van der Waals surface area contributed by atoms with Gasteiger partial charge in [-0.3, -0.25) is 9.78 Å². The van der Waals surface area contributed by atoms with Crippen LogP contribution in [0.2, 0.25) is 0 Å². The first kappa shape index (κ1) is 19.6. The predicted octanol–water partition coefficient (Wildman–Crippen LogP) is 5.25. The summed E-state index contributed by atoms with van der Waals surface area (Å²) in [4.78, 5) is 20.3. The van der Waals surface area contributed by atoms with E-state index in [2.05, 4.69) is 42.3 Å². The molecule has 2 heterocycles. The van der Waals surface area contributed by atoms with Crippen LogP contribution in [0.5, 0.6) is 11.5 Å². The van der Waals surface area contributed by atoms with Crippen LogP contribution in [0.4, 0.5) is 11.6 Å². The summed E-state index contributed by atoms with van der Waals surface area (Å²) in [6.07, 6.45) is 1.95. The Morgan fingerprint density at radius 3 is 2.50 bits per heavy atom. The highest BCUT2D eigenvalue weighted by Gasteiger charge is 2.10. The van der Waals surface area contributed by atoms with E-state index in [9.17, 15) is 4.79 Å². The highest BCUT2D eigenvalue weighted by atomic mass is 16.5. The number of hydrogen-bond acceptors (Lipinski definition) is 5. The molecule has 0 amide bonds. The van der Waals surface area contributed by atoms with Crippen LogP contribution in [0.3, 0.4) is 0 Å². The van der Waals surface area contributed by atoms with Crippen LogP contribution < -0.4 is 10.1 Å². The van der Waals surface area contributed by atoms with E-state index in [1.165, 1.54) is 11.1 Å². The topological polar surface area (TPSA) is 69.0 Å². The van der Waals surface area contributed by atoms with Crippen molar-refractivity contribution in [1.29, 1.82) is 0 Å². The molecular formula is C24H24N4O2. The number of hydrogen-bond donors (Lipinski definition) is 1. The van der Waals surface area contributed by atoms with Crippen LogP contribution in [0.25, 0.3) is 11.0 Å². The number of carbonyl (C=O) groups excluding carboxylic acids is 1. The Balaban J connectivity index is 1.59. The summed E-state index contributed by atoms with van der Waals surface area (Å²) in [5.74, 6) is 2.15. The zero-order chi connectivity index (χ0) is 21.3. The van der Waals surface area contributed by atoms with Crippen LogP contribution in [0, 0.1) is 13.8 Å². The summed E-state index contributed by atoms with van der Waals surface area (Å²) in [6, 6.07) is 15.7. The number of rotatable bonds is 6. The summed E-state index contributed by atoms with van der Waals surface area (Å²) < 4.78 is 8.01. The van der Waals surface area contributed by atoms with Crippen LogP contribution in [0.15, 0.2) is 54.7 Å². The highest BCUT2D eigenvalue weighted by molar-refractivity contribution is 5.81. The monoisotopic (exact) mass is 400 g/mol. The number of aryl methyl sites for hydroxylation is 3. The van der Waals surface area contributed by atoms with Crippen molar-refractivity contribution in [3.05, 3.63) is 71.5 Å². The minimum absolute atomic E-state index is 0.0680. The number of fused-ring (bicyclic) bond motifs is 1. The van der Waals surface area contributed by atoms with Gasteiger partial charge in [-0.05, 0) is 62.2 Å². The average molecular weight is 400 g/mol. The quantitative estimate of drug-likeness (QED) is 0.479. The van der Waals surface area contributed by atoms with E-state index in [0.717, 1.165) is 22.7 Å². The van der Waals surface area contributed by atoms with Gasteiger partial charge in [0.05, 0.1) is 16.7 Å². The van der Waals surface area contributed by atoms with Crippen molar-refractivity contribution in [2.45, 2.75) is 27.2 Å². The molecule has 30 heavy (non-hydrogen) atoms. The van der Waals surface area contributed by atoms with Crippen molar-refractivity contribution in [3.8, 4) is 11.5 Å². The van der Waals surface area contributed by atoms with Crippen molar-refractivity contribution >= 4 is 28.5 Å². The Morgan fingerprint density at radius 2 is 1.77 bits per heavy atom. The number of aromatic nitrogens is 3. The summed E-state index contributed by atoms with van der Waals surface area (Å²) in [5.41, 5.74) is 5.94. The number of benzene rings is 2. The normalized spacial score (nSPS) is 10.9. The SMILES string of the molecule is CC(=O)Cc1cc(Oc2ccc3c(c2)nc(Nc2cc(C)cc(C)c2)n3C)ccn1. The van der Waals surface area contributed by atoms with Crippen molar-refractivity contribution in [3.63, 3.8) is 0 Å². The predicted molar refractivity (Wildman–Crippen MR) is 119 cm³/mol. The molecular weight excluding hydrogens is 376 g/mol. The molecule has 0 bridgehead atoms. The molecule has 4 aromatic rings. The van der Waals surface area contributed by atoms with Gasteiger partial charge in [-0.15, -0.1) is 0 Å². The first-order chi connectivity index (χ1) is 14.4. The lowest BCUT2D eigenvalue weighted by atomic mass is 10.1. The lowest BCUT2D eigenvalue weighted by Gasteiger charge is -2.08. The van der Waals surface area contributed by atoms with Crippen molar-refractivity contribution in [2.24, 2.45) is 7.05 Å². The zero-order valence-corrected chi connectivity index (χ0v) is 17.6. The Hall–Kier alpha value is -3.67. The molecule has 0 spiro atoms. The molecule has 0 saturated carbocycles. The number of nitrogens with one attached hydrogen (secondary N) is 1. The van der Waals surface area contributed by atoms with E-state index < -0.39 is 0 Å². The van der Waals surface area contributed by atoms with E-state index >= 15 is 0 Å². The molecule has 0 aliphatic heterocycles. The summed E-state index contributed by atoms with van der Waals surface area (Å²) in [5, 5.41) is 3.41. The molecule has 2 aromatic carbocycles. The third-order valence-electron chi connectivity index (χ3n) is 4.78. The third kappa shape index (κ3) is 4.33. The van der Waals surface area contributed by atoms with Gasteiger partial charge in [-0.1, -0.05) is 6.07 Å². The largest absolute Gasteiger partial charge is 0.457 e. The number of pyridine rings is 1. The molecule has 0 aliphatic carbocycles. The number of imidazole rings is 1. The number of Topliss-reactive ketones (excluding diaryl/α,β-unsaturated/α-hetero) is 1. The van der Waals surface area contributed by atoms with Gasteiger partial charge in [-0.25, -0.2) is 4.98 Å². The number of nitrogens with zero attached hydrogens (tertiary/aromatic N) is 3. The van der Waals surface area contributed by atoms with Crippen LogP contribution in [-0.4, -0.2) is 20.3 Å². The van der Waals surface area contributed by atoms with Crippen LogP contribution in [0.1, 0.15) is 23.7 Å². The summed E-state index contributed by atoms with van der Waals surface area (Å²) in [7, 11) is 1.98. The van der Waals surface area contributed by atoms with Gasteiger partial charge in [0.1, 0.15) is 17.3 Å². The van der Waals surface area contributed by atoms with Crippen LogP contribution in [-0.2, 0) is 18.3 Å². The molecule has 0 fully saturated rings. The van der Waals surface area contributed by atoms with Gasteiger partial charge in [0.15, 0.2) is 0 Å². The minimum Gasteiger partial charge on any atom is -0.457 e. The second kappa shape index (κ2) is 7.99. The molecule has 6 nitrogen and oxygen atoms in total. The van der Waals surface area contributed by atoms with E-state index in [4.69, 9.17) is 9.72 Å². The van der Waals surface area contributed by atoms with E-state index in [-0.39, 0.29) is 5.78 Å². The Bertz CT molecular complexity index is 1220. The van der Waals surface area contributed by atoms with Gasteiger partial charge >= 0.3 is 0 Å². The van der Waals surface area contributed by atoms with Gasteiger partial charge < -0.3 is 14.6 Å². The molecule has 152 valence electrons. The van der Waals surface area contributed by atoms with Gasteiger partial charge in [-0.2, -0.15) is 0 Å². The molecule has 1 N–H and O–H groups in total. The number of anilines is 2. The minimum atomic E-state index is 0.0680. The van der Waals surface area contributed by atoms with Crippen LogP contribution >= 0.6 is 0 Å². The summed E-state index contributed by atoms with van der Waals surface area (Å²) >= 11 is 0. The maximum absolute atomic E-state index is 11.3. The standard InChI is InChI=1S/C24H24N4O2/c1-15-9-16(2)11-19(10-15)26-24-27-22-14-20(5-6-23(22)28(24)4)30-21-7-8-25-18(13-21)12-17(3)29/h5-11,13-14H,12H2,1-4H3,(H,26,27). The van der Waals surface area contributed by atoms with E-state index in [1.807, 2.05) is 29.8 Å². The fourth-order valence-corrected chi connectivity index (χ4v) is 3.54. The lowest BCUT2D eigenvalue weighted by Crippen LogP contribution is -1.99. The Labute approximate surface area is 175 Å². The fourth-order valence-electron chi connectivity index (χ4n) is 3.54. The number of ketones is 1. The van der Waals surface area contributed by atoms with E-state index in [1.54, 1.807) is 25.3 Å². The maximum atomic E-state index is 11.3. The summed E-state index contributed by atoms with van der Waals surface area (Å²) in [6.45, 7) is 5.71. The lowest BCUT2D eigenvalue weighted by molar-refractivity contribution is -0.116. The zero-order valence-electron chi connectivity index (χ0n) is 17.6. The molecule has 0 saturated heterocycles. The Morgan fingerprint density at radius 1 is 1.03 bits per heavy atom. The maximum Gasteiger partial charge on any atom is 0.208 e. The molecule has 4 rings (SSSR count). The van der Waals surface area contributed by atoms with Gasteiger partial charge in [0, 0.05) is 37.5 Å². The average Bonchev–Trinajstić information content (AvgIpc) is 2.95. The first-order valence-corrected chi connectivity index (χ1v) is 9.81. The Kier molecular flexibility index (Phi) is 5.23. The van der Waals surface area contributed by atoms with Crippen molar-refractivity contribution in [1.82, 2.24) is 14.5 Å². The third-order valence-corrected chi connectivity index (χ3v) is 4.78. The fraction of sp³-hybridized carbons (Fsp3) is 0.208. The van der Waals surface area contributed by atoms with Gasteiger partial charge in [0.2, 0.25) is 5.95 Å². The molecule has 0 radical (unpaired) electrons.